The third kappa shape index (κ3) is 4.23. The molecule has 16 heavy (non-hydrogen) atoms. The highest BCUT2D eigenvalue weighted by Gasteiger charge is 2.31. The number of hydrogen-bond donors (Lipinski definition) is 5. The first-order valence-electron chi connectivity index (χ1n) is 5.26. The van der Waals surface area contributed by atoms with Gasteiger partial charge in [-0.15, -0.1) is 0 Å². The number of carbonyl (C=O) groups excluding carboxylic acids is 2. The molecule has 0 rings (SSSR count). The zero-order valence-corrected chi connectivity index (χ0v) is 8.85. The van der Waals surface area contributed by atoms with Gasteiger partial charge in [-0.3, -0.25) is 4.79 Å². The van der Waals surface area contributed by atoms with Crippen LogP contribution in [0.4, 0.5) is 0 Å². The first kappa shape index (κ1) is 13.0. The second-order valence-electron chi connectivity index (χ2n) is 3.23. The zero-order chi connectivity index (χ0) is 13.6. The monoisotopic (exact) mass is 236 g/mol. The van der Waals surface area contributed by atoms with Gasteiger partial charge in [-0.05, 0) is 0 Å². The second-order valence-corrected chi connectivity index (χ2v) is 3.23. The minimum Gasteiger partial charge on any atom is -0.394 e. The molecule has 5 N–H and O–H groups in total. The van der Waals surface area contributed by atoms with Crippen molar-refractivity contribution < 1.29 is 31.4 Å². The topological polar surface area (TPSA) is 127 Å². The van der Waals surface area contributed by atoms with Gasteiger partial charge in [-0.2, -0.15) is 0 Å². The summed E-state index contributed by atoms with van der Waals surface area (Å²) in [5.74, 6) is -0.716. The van der Waals surface area contributed by atoms with Crippen LogP contribution in [0.15, 0.2) is 0 Å². The van der Waals surface area contributed by atoms with Gasteiger partial charge in [-0.25, -0.2) is 0 Å². The van der Waals surface area contributed by atoms with Crippen molar-refractivity contribution in [3.63, 3.8) is 0 Å². The molecule has 1 amide bonds. The Bertz CT molecular complexity index is 264. The molecule has 0 saturated heterocycles. The van der Waals surface area contributed by atoms with Crippen LogP contribution in [-0.2, 0) is 9.59 Å². The van der Waals surface area contributed by atoms with E-state index < -0.39 is 36.9 Å². The summed E-state index contributed by atoms with van der Waals surface area (Å²) < 4.78 is 7.29. The van der Waals surface area contributed by atoms with E-state index in [0.29, 0.717) is 0 Å². The van der Waals surface area contributed by atoms with Crippen LogP contribution in [0.25, 0.3) is 0 Å². The normalized spacial score (nSPS) is 19.2. The number of carbonyl (C=O) groups is 2. The lowest BCUT2D eigenvalue weighted by Crippen LogP contribution is -2.53. The SMILES string of the molecule is [2H]N(C(=O)CC)[C@H](C=O)[C@@H](O)[C@H](O)[C@H](O)CO. The van der Waals surface area contributed by atoms with Crippen LogP contribution < -0.4 is 5.31 Å². The van der Waals surface area contributed by atoms with Crippen molar-refractivity contribution >= 4 is 12.2 Å². The first-order chi connectivity index (χ1) is 7.90. The maximum absolute atomic E-state index is 11.2. The molecule has 0 unspecified atom stereocenters. The molecule has 0 aliphatic heterocycles. The first-order valence-corrected chi connectivity index (χ1v) is 4.81. The van der Waals surface area contributed by atoms with Crippen LogP contribution in [0.1, 0.15) is 13.3 Å². The lowest BCUT2D eigenvalue weighted by Gasteiger charge is -2.26. The molecule has 7 nitrogen and oxygen atoms in total. The molecule has 0 aromatic rings. The molecule has 0 fully saturated rings. The summed E-state index contributed by atoms with van der Waals surface area (Å²) in [5.41, 5.74) is 0. The van der Waals surface area contributed by atoms with Gasteiger partial charge >= 0.3 is 0 Å². The van der Waals surface area contributed by atoms with E-state index in [1.165, 1.54) is 6.92 Å². The van der Waals surface area contributed by atoms with E-state index in [1.54, 1.807) is 0 Å². The molecule has 0 heterocycles. The van der Waals surface area contributed by atoms with Crippen molar-refractivity contribution in [2.45, 2.75) is 37.7 Å². The minimum absolute atomic E-state index is 0.0425. The molecule has 94 valence electrons. The van der Waals surface area contributed by atoms with Crippen LogP contribution in [-0.4, -0.2) is 63.6 Å². The Kier molecular flexibility index (Phi) is 5.94. The molecule has 0 aromatic carbocycles. The predicted octanol–water partition coefficient (Wildman–Crippen LogP) is -2.84. The maximum Gasteiger partial charge on any atom is 0.220 e. The Morgan fingerprint density at radius 1 is 1.44 bits per heavy atom. The number of aliphatic hydroxyl groups excluding tert-OH is 4. The van der Waals surface area contributed by atoms with Crippen LogP contribution in [0.2, 0.25) is 1.41 Å². The number of amides is 1. The lowest BCUT2D eigenvalue weighted by atomic mass is 10.0. The minimum atomic E-state index is -1.84. The molecular formula is C9H17NO6. The number of aldehydes is 1. The van der Waals surface area contributed by atoms with Gasteiger partial charge in [-0.1, -0.05) is 6.92 Å². The summed E-state index contributed by atoms with van der Waals surface area (Å²) in [6.07, 6.45) is -5.24. The fourth-order valence-electron chi connectivity index (χ4n) is 0.982. The number of nitrogens with one attached hydrogen (secondary N) is 1. The van der Waals surface area contributed by atoms with Gasteiger partial charge < -0.3 is 30.5 Å². The van der Waals surface area contributed by atoms with Crippen molar-refractivity contribution in [1.29, 1.82) is 0 Å². The maximum atomic E-state index is 11.2. The summed E-state index contributed by atoms with van der Waals surface area (Å²) >= 11 is 0. The molecule has 0 aliphatic rings. The highest BCUT2D eigenvalue weighted by Crippen LogP contribution is 2.04. The van der Waals surface area contributed by atoms with Crippen molar-refractivity contribution in [3.05, 3.63) is 0 Å². The predicted molar refractivity (Wildman–Crippen MR) is 53.4 cm³/mol. The van der Waals surface area contributed by atoms with E-state index in [9.17, 15) is 19.8 Å². The molecular weight excluding hydrogens is 218 g/mol. The van der Waals surface area contributed by atoms with Gasteiger partial charge in [0.15, 0.2) is 1.41 Å². The summed E-state index contributed by atoms with van der Waals surface area (Å²) in [6, 6.07) is -1.60. The van der Waals surface area contributed by atoms with Gasteiger partial charge in [0.1, 0.15) is 30.6 Å². The van der Waals surface area contributed by atoms with Crippen LogP contribution in [0, 0.1) is 0 Å². The van der Waals surface area contributed by atoms with E-state index >= 15 is 0 Å². The van der Waals surface area contributed by atoms with Gasteiger partial charge in [0.05, 0.1) is 6.61 Å². The Balaban J connectivity index is 4.76. The number of rotatable bonds is 7. The van der Waals surface area contributed by atoms with E-state index in [-0.39, 0.29) is 18.0 Å². The standard InChI is InChI=1S/C9H17NO6/c1-2-7(14)10-5(3-11)8(15)9(16)6(13)4-12/h3,5-6,8-9,12-13,15-16H,2,4H2,1H3,(H,10,14)/t5-,6-,8-,9-/m1/s1/i/hD. The Hall–Kier alpha value is -1.02. The molecule has 4 atom stereocenters. The molecule has 0 aromatic heterocycles. The van der Waals surface area contributed by atoms with E-state index in [2.05, 4.69) is 0 Å². The Morgan fingerprint density at radius 2 is 2.00 bits per heavy atom. The van der Waals surface area contributed by atoms with E-state index in [0.717, 1.165) is 0 Å². The quantitative estimate of drug-likeness (QED) is 0.303. The summed E-state index contributed by atoms with van der Waals surface area (Å²) in [7, 11) is 0. The molecule has 0 spiro atoms. The fourth-order valence-corrected chi connectivity index (χ4v) is 0.982. The van der Waals surface area contributed by atoms with E-state index in [1.807, 2.05) is 0 Å². The Morgan fingerprint density at radius 3 is 2.38 bits per heavy atom. The number of aliphatic hydroxyl groups is 4. The summed E-state index contributed by atoms with van der Waals surface area (Å²) in [5, 5.41) is 36.8. The van der Waals surface area contributed by atoms with Crippen molar-refractivity contribution in [1.82, 2.24) is 5.31 Å². The fraction of sp³-hybridized carbons (Fsp3) is 0.778. The van der Waals surface area contributed by atoms with Crippen LogP contribution >= 0.6 is 0 Å². The lowest BCUT2D eigenvalue weighted by molar-refractivity contribution is -0.130. The van der Waals surface area contributed by atoms with Gasteiger partial charge in [0.25, 0.3) is 0 Å². The van der Waals surface area contributed by atoms with Crippen LogP contribution in [0.3, 0.4) is 0 Å². The molecule has 0 saturated carbocycles. The highest BCUT2D eigenvalue weighted by atomic mass is 16.4. The molecule has 0 bridgehead atoms. The van der Waals surface area contributed by atoms with Crippen molar-refractivity contribution in [2.24, 2.45) is 0 Å². The zero-order valence-electron chi connectivity index (χ0n) is 9.85. The van der Waals surface area contributed by atoms with Gasteiger partial charge in [0.2, 0.25) is 5.91 Å². The molecule has 0 aliphatic carbocycles. The average Bonchev–Trinajstić information content (AvgIpc) is 2.36. The van der Waals surface area contributed by atoms with Gasteiger partial charge in [0, 0.05) is 6.42 Å². The second kappa shape index (κ2) is 7.29. The molecule has 7 heteroatoms. The number of hydrogen-bond acceptors (Lipinski definition) is 6. The Labute approximate surface area is 94.2 Å². The van der Waals surface area contributed by atoms with Crippen LogP contribution in [0.5, 0.6) is 0 Å². The van der Waals surface area contributed by atoms with E-state index in [4.69, 9.17) is 11.6 Å². The summed E-state index contributed by atoms with van der Waals surface area (Å²) in [6.45, 7) is 0.653. The summed E-state index contributed by atoms with van der Waals surface area (Å²) in [4.78, 5) is 21.8. The third-order valence-electron chi connectivity index (χ3n) is 2.02. The molecule has 0 radical (unpaired) electrons. The average molecular weight is 236 g/mol. The van der Waals surface area contributed by atoms with Crippen molar-refractivity contribution in [3.8, 4) is 0 Å². The largest absolute Gasteiger partial charge is 0.394 e. The third-order valence-corrected chi connectivity index (χ3v) is 2.02. The van der Waals surface area contributed by atoms with Crippen molar-refractivity contribution in [2.75, 3.05) is 6.61 Å². The highest BCUT2D eigenvalue weighted by molar-refractivity contribution is 5.79. The smallest absolute Gasteiger partial charge is 0.220 e.